The number of hydrogen-bond donors (Lipinski definition) is 7. The second-order valence-electron chi connectivity index (χ2n) is 24.4. The first-order valence-corrected chi connectivity index (χ1v) is 25.7. The van der Waals surface area contributed by atoms with Crippen LogP contribution in [0.3, 0.4) is 0 Å². The summed E-state index contributed by atoms with van der Waals surface area (Å²) in [5.41, 5.74) is -1.51. The molecule has 5 aliphatic carbocycles. The van der Waals surface area contributed by atoms with Crippen LogP contribution in [0.15, 0.2) is 21.3 Å². The summed E-state index contributed by atoms with van der Waals surface area (Å²) < 4.78 is 47.1. The highest BCUT2D eigenvalue weighted by Crippen LogP contribution is 2.89. The van der Waals surface area contributed by atoms with E-state index in [1.807, 2.05) is 6.92 Å². The molecule has 394 valence electrons. The molecule has 2 saturated heterocycles. The fourth-order valence-electron chi connectivity index (χ4n) is 16.1. The number of aliphatic hydroxyl groups excluding tert-OH is 6. The maximum Gasteiger partial charge on any atom is 0.306 e. The Labute approximate surface area is 413 Å². The molecule has 8 aliphatic rings. The van der Waals surface area contributed by atoms with Gasteiger partial charge in [0.05, 0.1) is 25.4 Å². The lowest BCUT2D eigenvalue weighted by atomic mass is 9.41. The number of rotatable bonds is 12. The fraction of sp³-hybridized carbons (Fsp3) is 0.792. The molecule has 71 heavy (non-hydrogen) atoms. The molecule has 0 bridgehead atoms. The monoisotopic (exact) mass is 998 g/mol. The van der Waals surface area contributed by atoms with Gasteiger partial charge in [0.25, 0.3) is 0 Å². The molecule has 10 rings (SSSR count). The van der Waals surface area contributed by atoms with Gasteiger partial charge in [-0.05, 0) is 104 Å². The summed E-state index contributed by atoms with van der Waals surface area (Å²) in [6.45, 7) is 13.3. The first kappa shape index (κ1) is 51.2. The molecule has 19 atom stereocenters. The molecule has 0 amide bonds. The van der Waals surface area contributed by atoms with Gasteiger partial charge in [-0.3, -0.25) is 14.4 Å². The van der Waals surface area contributed by atoms with Crippen LogP contribution < -0.4 is 14.9 Å². The van der Waals surface area contributed by atoms with Crippen molar-refractivity contribution < 1.29 is 82.9 Å². The number of carbonyl (C=O) groups excluding carboxylic acids is 2. The number of esters is 1. The number of benzene rings is 1. The molecule has 1 aromatic heterocycles. The molecule has 7 fully saturated rings. The zero-order valence-electron chi connectivity index (χ0n) is 42.1. The third kappa shape index (κ3) is 7.85. The Kier molecular flexibility index (Phi) is 12.7. The molecule has 0 radical (unpaired) electrons. The molecule has 0 unspecified atom stereocenters. The van der Waals surface area contributed by atoms with E-state index in [1.165, 1.54) is 13.2 Å². The summed E-state index contributed by atoms with van der Waals surface area (Å²) in [5.74, 6) is 0.260. The number of ketones is 1. The SMILES string of the molecule is COc1c2c(cc3oc(CO[C@@H]4O[C@H](COC(=O)C[C@@H](C)[C@H]5C(=O)C[C@@]6(C)[C@@H]7CC[C@H]8C(C)(C)[C@@H](O[C@@H]9OC[C@@H](O)[C@H](O)[C@H]9O)CC[C@@]89C[C@@]79CC[C@]56C)[C@@H](O)[C@H](O)[C@H]4O)cc(=O)c13)O[C@H](C(C)(C)O)C2. The predicted molar refractivity (Wildman–Crippen MR) is 250 cm³/mol. The average Bonchev–Trinajstić information content (AvgIpc) is 3.65. The number of carbonyl (C=O) groups is 2. The summed E-state index contributed by atoms with van der Waals surface area (Å²) in [4.78, 5) is 41.4. The van der Waals surface area contributed by atoms with Crippen molar-refractivity contribution in [3.05, 3.63) is 33.7 Å². The lowest BCUT2D eigenvalue weighted by Gasteiger charge is -2.63. The zero-order valence-corrected chi connectivity index (χ0v) is 42.1. The van der Waals surface area contributed by atoms with Gasteiger partial charge in [-0.1, -0.05) is 34.6 Å². The van der Waals surface area contributed by atoms with Crippen LogP contribution in [-0.4, -0.2) is 141 Å². The minimum absolute atomic E-state index is 0.0502. The number of hydrogen-bond acceptors (Lipinski definition) is 18. The minimum atomic E-state index is -1.73. The van der Waals surface area contributed by atoms with Gasteiger partial charge in [-0.15, -0.1) is 0 Å². The molecule has 2 spiro atoms. The first-order chi connectivity index (χ1) is 33.3. The van der Waals surface area contributed by atoms with Crippen molar-refractivity contribution in [3.63, 3.8) is 0 Å². The molecule has 1 aromatic carbocycles. The van der Waals surface area contributed by atoms with Crippen LogP contribution in [0.5, 0.6) is 11.5 Å². The van der Waals surface area contributed by atoms with Crippen LogP contribution in [0, 0.1) is 50.7 Å². The number of Topliss-reactive ketones (excluding diaryl/α,β-unsaturated/α-hetero) is 1. The van der Waals surface area contributed by atoms with Crippen molar-refractivity contribution in [2.24, 2.45) is 50.7 Å². The van der Waals surface area contributed by atoms with Gasteiger partial charge in [0, 0.05) is 42.9 Å². The van der Waals surface area contributed by atoms with Crippen LogP contribution in [-0.2, 0) is 46.3 Å². The Bertz CT molecular complexity index is 2470. The summed E-state index contributed by atoms with van der Waals surface area (Å²) in [7, 11) is 1.43. The van der Waals surface area contributed by atoms with Gasteiger partial charge in [0.15, 0.2) is 18.0 Å². The number of fused-ring (bicyclic) bond motifs is 4. The Morgan fingerprint density at radius 1 is 0.873 bits per heavy atom. The minimum Gasteiger partial charge on any atom is -0.495 e. The van der Waals surface area contributed by atoms with Crippen molar-refractivity contribution in [2.75, 3.05) is 20.3 Å². The van der Waals surface area contributed by atoms with E-state index in [2.05, 4.69) is 27.7 Å². The standard InChI is InChI=1S/C53H74O18/c1-24(39-28(55)19-51(7)34-10-9-33-48(2,3)35(71-47-43(61)40(58)29(56)21-67-47)11-12-52(33)23-53(34,52)14-13-50(39,51)6)15-37(57)65-22-32-41(59)42(60)44(62)46(70-32)66-20-25-16-27(54)38-31(68-25)18-30-26(45(38)64-8)17-36(69-30)49(4,5)63/h16,18,24,29,32-36,39-44,46-47,56,58-63H,9-15,17,19-23H2,1-8H3/t24-,29-,32-,33+,34+,35+,36+,39+,40+,41-,42+,43-,44-,46-,47+,50-,51+,52-,53+/m1/s1. The average molecular weight is 999 g/mol. The molecule has 7 N–H and O–H groups in total. The highest BCUT2D eigenvalue weighted by Gasteiger charge is 2.83. The van der Waals surface area contributed by atoms with Gasteiger partial charge < -0.3 is 73.3 Å². The van der Waals surface area contributed by atoms with E-state index in [4.69, 9.17) is 37.6 Å². The highest BCUT2D eigenvalue weighted by molar-refractivity contribution is 5.88. The molecule has 18 heteroatoms. The van der Waals surface area contributed by atoms with Crippen molar-refractivity contribution in [1.82, 2.24) is 0 Å². The smallest absolute Gasteiger partial charge is 0.306 e. The largest absolute Gasteiger partial charge is 0.495 e. The van der Waals surface area contributed by atoms with Gasteiger partial charge in [-0.2, -0.15) is 0 Å². The molecule has 4 heterocycles. The van der Waals surface area contributed by atoms with Crippen LogP contribution in [0.2, 0.25) is 0 Å². The quantitative estimate of drug-likeness (QED) is 0.119. The van der Waals surface area contributed by atoms with E-state index < -0.39 is 91.6 Å². The number of ether oxygens (including phenoxy) is 7. The maximum atomic E-state index is 14.4. The second kappa shape index (κ2) is 17.7. The normalized spacial score (nSPS) is 43.8. The topological polar surface area (TPSA) is 271 Å². The van der Waals surface area contributed by atoms with Crippen LogP contribution in [0.25, 0.3) is 11.0 Å². The van der Waals surface area contributed by atoms with Crippen LogP contribution in [0.4, 0.5) is 0 Å². The van der Waals surface area contributed by atoms with Crippen molar-refractivity contribution in [1.29, 1.82) is 0 Å². The van der Waals surface area contributed by atoms with Crippen molar-refractivity contribution in [2.45, 2.75) is 192 Å². The van der Waals surface area contributed by atoms with Gasteiger partial charge in [0.2, 0.25) is 0 Å². The molecule has 2 aromatic rings. The summed E-state index contributed by atoms with van der Waals surface area (Å²) in [6, 6.07) is 2.76. The summed E-state index contributed by atoms with van der Waals surface area (Å²) >= 11 is 0. The van der Waals surface area contributed by atoms with E-state index in [9.17, 15) is 50.1 Å². The van der Waals surface area contributed by atoms with Crippen LogP contribution >= 0.6 is 0 Å². The third-order valence-electron chi connectivity index (χ3n) is 19.9. The third-order valence-corrected chi connectivity index (χ3v) is 19.9. The Morgan fingerprint density at radius 2 is 1.58 bits per heavy atom. The lowest BCUT2D eigenvalue weighted by Crippen LogP contribution is -2.59. The van der Waals surface area contributed by atoms with Crippen molar-refractivity contribution in [3.8, 4) is 11.5 Å². The molecular weight excluding hydrogens is 925 g/mol. The Hall–Kier alpha value is -3.27. The van der Waals surface area contributed by atoms with E-state index in [-0.39, 0.29) is 86.3 Å². The number of aliphatic hydroxyl groups is 7. The summed E-state index contributed by atoms with van der Waals surface area (Å²) in [5, 5.41) is 74.4. The highest BCUT2D eigenvalue weighted by atomic mass is 16.7. The first-order valence-electron chi connectivity index (χ1n) is 25.7. The summed E-state index contributed by atoms with van der Waals surface area (Å²) in [6.07, 6.45) is -6.19. The van der Waals surface area contributed by atoms with E-state index >= 15 is 0 Å². The van der Waals surface area contributed by atoms with Gasteiger partial charge >= 0.3 is 5.97 Å². The van der Waals surface area contributed by atoms with Crippen LogP contribution in [0.1, 0.15) is 118 Å². The molecule has 5 saturated carbocycles. The van der Waals surface area contributed by atoms with E-state index in [1.54, 1.807) is 19.9 Å². The Balaban J connectivity index is 0.762. The molecule has 3 aliphatic heterocycles. The lowest BCUT2D eigenvalue weighted by molar-refractivity contribution is -0.305. The van der Waals surface area contributed by atoms with Crippen molar-refractivity contribution >= 4 is 22.7 Å². The zero-order chi connectivity index (χ0) is 51.1. The van der Waals surface area contributed by atoms with Gasteiger partial charge in [0.1, 0.15) is 96.1 Å². The van der Waals surface area contributed by atoms with Gasteiger partial charge in [-0.25, -0.2) is 0 Å². The van der Waals surface area contributed by atoms with E-state index in [0.717, 1.165) is 44.9 Å². The second-order valence-corrected chi connectivity index (χ2v) is 24.4. The molecular formula is C53H74O18. The maximum absolute atomic E-state index is 14.4. The molecule has 18 nitrogen and oxygen atoms in total. The Morgan fingerprint density at radius 3 is 2.30 bits per heavy atom. The predicted octanol–water partition coefficient (Wildman–Crippen LogP) is 3.21. The number of methoxy groups -OCH3 is 1. The fourth-order valence-corrected chi connectivity index (χ4v) is 16.1. The van der Waals surface area contributed by atoms with E-state index in [0.29, 0.717) is 36.0 Å².